The summed E-state index contributed by atoms with van der Waals surface area (Å²) in [4.78, 5) is 2.15. The second-order valence-corrected chi connectivity index (χ2v) is 5.08. The summed E-state index contributed by atoms with van der Waals surface area (Å²) in [5.41, 5.74) is 8.06. The van der Waals surface area contributed by atoms with Gasteiger partial charge in [-0.05, 0) is 23.5 Å². The average molecular weight is 277 g/mol. The number of benzene rings is 1. The van der Waals surface area contributed by atoms with E-state index in [1.54, 1.807) is 0 Å². The van der Waals surface area contributed by atoms with Crippen molar-refractivity contribution in [1.82, 2.24) is 4.37 Å². The van der Waals surface area contributed by atoms with Crippen LogP contribution < -0.4 is 10.6 Å². The van der Waals surface area contributed by atoms with E-state index in [0.29, 0.717) is 12.4 Å². The fourth-order valence-electron chi connectivity index (χ4n) is 2.09. The second-order valence-electron chi connectivity index (χ2n) is 4.32. The van der Waals surface area contributed by atoms with Crippen LogP contribution in [-0.4, -0.2) is 29.2 Å². The lowest BCUT2D eigenvalue weighted by molar-refractivity contribution is 0.302. The van der Waals surface area contributed by atoms with E-state index in [-0.39, 0.29) is 6.61 Å². The molecule has 0 saturated heterocycles. The Balaban J connectivity index is 2.41. The van der Waals surface area contributed by atoms with Crippen molar-refractivity contribution in [2.45, 2.75) is 13.3 Å². The zero-order valence-electron chi connectivity index (χ0n) is 11.0. The van der Waals surface area contributed by atoms with Crippen LogP contribution in [0.1, 0.15) is 13.3 Å². The van der Waals surface area contributed by atoms with Crippen molar-refractivity contribution in [2.75, 3.05) is 30.3 Å². The van der Waals surface area contributed by atoms with E-state index in [0.717, 1.165) is 29.1 Å². The molecule has 5 heteroatoms. The lowest BCUT2D eigenvalue weighted by Gasteiger charge is -2.22. The molecule has 2 rings (SSSR count). The van der Waals surface area contributed by atoms with Gasteiger partial charge in [0.05, 0.1) is 12.2 Å². The molecule has 0 spiro atoms. The number of nitrogens with zero attached hydrogens (tertiary/aromatic N) is 2. The van der Waals surface area contributed by atoms with Crippen molar-refractivity contribution in [3.63, 3.8) is 0 Å². The third kappa shape index (κ3) is 3.05. The van der Waals surface area contributed by atoms with Gasteiger partial charge in [0.25, 0.3) is 0 Å². The van der Waals surface area contributed by atoms with Gasteiger partial charge in [-0.2, -0.15) is 4.37 Å². The van der Waals surface area contributed by atoms with Gasteiger partial charge in [-0.25, -0.2) is 0 Å². The molecule has 0 bridgehead atoms. The Morgan fingerprint density at radius 3 is 2.63 bits per heavy atom. The molecule has 0 aliphatic carbocycles. The topological polar surface area (TPSA) is 62.4 Å². The number of aromatic nitrogens is 1. The van der Waals surface area contributed by atoms with Crippen molar-refractivity contribution in [3.05, 3.63) is 30.3 Å². The Bertz CT molecular complexity index is 507. The SMILES string of the molecule is CCCN(CCO)c1snc(N)c1-c1ccccc1. The molecule has 2 aromatic rings. The molecule has 0 radical (unpaired) electrons. The van der Waals surface area contributed by atoms with E-state index < -0.39 is 0 Å². The molecule has 0 fully saturated rings. The first-order chi connectivity index (χ1) is 9.27. The quantitative estimate of drug-likeness (QED) is 0.852. The summed E-state index contributed by atoms with van der Waals surface area (Å²) in [6, 6.07) is 10.0. The number of nitrogen functional groups attached to an aromatic ring is 1. The maximum atomic E-state index is 9.20. The molecule has 1 aromatic carbocycles. The number of hydrogen-bond acceptors (Lipinski definition) is 5. The van der Waals surface area contributed by atoms with Crippen LogP contribution >= 0.6 is 11.5 Å². The predicted octanol–water partition coefficient (Wildman–Crippen LogP) is 2.60. The van der Waals surface area contributed by atoms with E-state index in [2.05, 4.69) is 16.2 Å². The second kappa shape index (κ2) is 6.54. The van der Waals surface area contributed by atoms with Gasteiger partial charge in [-0.15, -0.1) is 0 Å². The number of anilines is 2. The van der Waals surface area contributed by atoms with Crippen molar-refractivity contribution in [2.24, 2.45) is 0 Å². The first kappa shape index (κ1) is 13.8. The maximum absolute atomic E-state index is 9.20. The fraction of sp³-hybridized carbons (Fsp3) is 0.357. The molecular weight excluding hydrogens is 258 g/mol. The minimum absolute atomic E-state index is 0.131. The summed E-state index contributed by atoms with van der Waals surface area (Å²) in [6.45, 7) is 3.75. The Kier molecular flexibility index (Phi) is 4.76. The lowest BCUT2D eigenvalue weighted by atomic mass is 10.1. The van der Waals surface area contributed by atoms with Gasteiger partial charge in [0.15, 0.2) is 0 Å². The molecule has 19 heavy (non-hydrogen) atoms. The summed E-state index contributed by atoms with van der Waals surface area (Å²) in [5.74, 6) is 0.560. The third-order valence-corrected chi connectivity index (χ3v) is 3.84. The zero-order chi connectivity index (χ0) is 13.7. The molecule has 0 unspecified atom stereocenters. The Hall–Kier alpha value is -1.59. The number of aliphatic hydroxyl groups is 1. The number of nitrogens with two attached hydrogens (primary N) is 1. The van der Waals surface area contributed by atoms with Gasteiger partial charge in [0.2, 0.25) is 0 Å². The minimum atomic E-state index is 0.131. The molecule has 1 heterocycles. The highest BCUT2D eigenvalue weighted by Crippen LogP contribution is 2.39. The van der Waals surface area contributed by atoms with Crippen LogP contribution in [0.4, 0.5) is 10.8 Å². The lowest BCUT2D eigenvalue weighted by Crippen LogP contribution is -2.27. The first-order valence-electron chi connectivity index (χ1n) is 6.44. The summed E-state index contributed by atoms with van der Waals surface area (Å²) in [7, 11) is 0. The molecular formula is C14H19N3OS. The zero-order valence-corrected chi connectivity index (χ0v) is 11.9. The van der Waals surface area contributed by atoms with Gasteiger partial charge >= 0.3 is 0 Å². The average Bonchev–Trinajstić information content (AvgIpc) is 2.81. The summed E-state index contributed by atoms with van der Waals surface area (Å²) >= 11 is 1.40. The molecule has 0 amide bonds. The van der Waals surface area contributed by atoms with Crippen molar-refractivity contribution in [1.29, 1.82) is 0 Å². The highest BCUT2D eigenvalue weighted by Gasteiger charge is 2.18. The van der Waals surface area contributed by atoms with E-state index in [1.165, 1.54) is 11.5 Å². The Labute approximate surface area is 117 Å². The summed E-state index contributed by atoms with van der Waals surface area (Å²) in [5, 5.41) is 10.2. The fourth-order valence-corrected chi connectivity index (χ4v) is 2.98. The van der Waals surface area contributed by atoms with Crippen LogP contribution in [0.15, 0.2) is 30.3 Å². The van der Waals surface area contributed by atoms with Crippen LogP contribution in [0, 0.1) is 0 Å². The molecule has 4 nitrogen and oxygen atoms in total. The minimum Gasteiger partial charge on any atom is -0.395 e. The maximum Gasteiger partial charge on any atom is 0.147 e. The molecule has 0 saturated carbocycles. The molecule has 0 aliphatic heterocycles. The molecule has 1 aromatic heterocycles. The van der Waals surface area contributed by atoms with Crippen LogP contribution in [-0.2, 0) is 0 Å². The van der Waals surface area contributed by atoms with E-state index in [1.807, 2.05) is 30.3 Å². The van der Waals surface area contributed by atoms with Gasteiger partial charge < -0.3 is 15.7 Å². The van der Waals surface area contributed by atoms with Gasteiger partial charge in [-0.1, -0.05) is 37.3 Å². The van der Waals surface area contributed by atoms with Gasteiger partial charge in [0, 0.05) is 13.1 Å². The predicted molar refractivity (Wildman–Crippen MR) is 81.6 cm³/mol. The van der Waals surface area contributed by atoms with Crippen LogP contribution in [0.2, 0.25) is 0 Å². The molecule has 0 aliphatic rings. The van der Waals surface area contributed by atoms with Crippen molar-refractivity contribution in [3.8, 4) is 11.1 Å². The van der Waals surface area contributed by atoms with E-state index in [9.17, 15) is 5.11 Å². The number of hydrogen-bond donors (Lipinski definition) is 2. The van der Waals surface area contributed by atoms with Crippen molar-refractivity contribution >= 4 is 22.4 Å². The first-order valence-corrected chi connectivity index (χ1v) is 7.21. The van der Waals surface area contributed by atoms with Crippen LogP contribution in [0.3, 0.4) is 0 Å². The Morgan fingerprint density at radius 2 is 2.00 bits per heavy atom. The Morgan fingerprint density at radius 1 is 1.26 bits per heavy atom. The molecule has 102 valence electrons. The normalized spacial score (nSPS) is 10.6. The van der Waals surface area contributed by atoms with Crippen molar-refractivity contribution < 1.29 is 5.11 Å². The number of rotatable bonds is 6. The smallest absolute Gasteiger partial charge is 0.147 e. The highest BCUT2D eigenvalue weighted by atomic mass is 32.1. The summed E-state index contributed by atoms with van der Waals surface area (Å²) < 4.78 is 4.27. The van der Waals surface area contributed by atoms with Gasteiger partial charge in [0.1, 0.15) is 10.8 Å². The third-order valence-electron chi connectivity index (χ3n) is 2.91. The molecule has 0 atom stereocenters. The van der Waals surface area contributed by atoms with Crippen LogP contribution in [0.5, 0.6) is 0 Å². The monoisotopic (exact) mass is 277 g/mol. The van der Waals surface area contributed by atoms with E-state index in [4.69, 9.17) is 5.73 Å². The molecule has 3 N–H and O–H groups in total. The van der Waals surface area contributed by atoms with E-state index >= 15 is 0 Å². The largest absolute Gasteiger partial charge is 0.395 e. The highest BCUT2D eigenvalue weighted by molar-refractivity contribution is 7.11. The summed E-state index contributed by atoms with van der Waals surface area (Å²) in [6.07, 6.45) is 1.02. The number of aliphatic hydroxyl groups excluding tert-OH is 1. The van der Waals surface area contributed by atoms with Crippen LogP contribution in [0.25, 0.3) is 11.1 Å². The standard InChI is InChI=1S/C14H19N3OS/c1-2-8-17(9-10-18)14-12(13(15)16-19-14)11-6-4-3-5-7-11/h3-7,18H,2,8-10H2,1H3,(H2,15,16). The van der Waals surface area contributed by atoms with Gasteiger partial charge in [-0.3, -0.25) is 0 Å².